The van der Waals surface area contributed by atoms with E-state index in [4.69, 9.17) is 0 Å². The van der Waals surface area contributed by atoms with Crippen molar-refractivity contribution in [3.63, 3.8) is 0 Å². The van der Waals surface area contributed by atoms with Crippen LogP contribution in [0.25, 0.3) is 10.9 Å². The van der Waals surface area contributed by atoms with Gasteiger partial charge in [0.15, 0.2) is 0 Å². The summed E-state index contributed by atoms with van der Waals surface area (Å²) in [5.74, 6) is 0. The Morgan fingerprint density at radius 2 is 1.70 bits per heavy atom. The zero-order valence-corrected chi connectivity index (χ0v) is 12.7. The number of aromatic nitrogens is 1. The van der Waals surface area contributed by atoms with Gasteiger partial charge in [0.2, 0.25) is 0 Å². The van der Waals surface area contributed by atoms with Crippen LogP contribution in [0.2, 0.25) is 0 Å². The fraction of sp³-hybridized carbons (Fsp3) is 0.222. The summed E-state index contributed by atoms with van der Waals surface area (Å²) >= 11 is 0. The second kappa shape index (κ2) is 4.46. The second-order valence-electron chi connectivity index (χ2n) is 5.99. The van der Waals surface area contributed by atoms with E-state index in [9.17, 15) is 0 Å². The van der Waals surface area contributed by atoms with E-state index >= 15 is 0 Å². The number of H-pyrrole nitrogens is 1. The lowest BCUT2D eigenvalue weighted by atomic mass is 10.1. The highest BCUT2D eigenvalue weighted by Crippen LogP contribution is 2.60. The number of aromatic amines is 1. The van der Waals surface area contributed by atoms with Crippen molar-refractivity contribution in [2.75, 3.05) is 12.8 Å². The van der Waals surface area contributed by atoms with E-state index < -0.39 is 7.26 Å². The molecule has 4 rings (SSSR count). The molecule has 1 aliphatic heterocycles. The Hall–Kier alpha value is -1.59. The van der Waals surface area contributed by atoms with Crippen LogP contribution in [0.3, 0.4) is 0 Å². The predicted molar refractivity (Wildman–Crippen MR) is 89.5 cm³/mol. The van der Waals surface area contributed by atoms with Gasteiger partial charge in [0.1, 0.15) is 0 Å². The largest absolute Gasteiger partial charge is 0.358 e. The molecule has 100 valence electrons. The highest BCUT2D eigenvalue weighted by molar-refractivity contribution is 7.81. The van der Waals surface area contributed by atoms with Crippen molar-refractivity contribution in [2.24, 2.45) is 0 Å². The highest BCUT2D eigenvalue weighted by atomic mass is 31.2. The first-order valence-electron chi connectivity index (χ1n) is 7.25. The highest BCUT2D eigenvalue weighted by Gasteiger charge is 2.39. The van der Waals surface area contributed by atoms with E-state index in [1.54, 1.807) is 10.9 Å². The van der Waals surface area contributed by atoms with Gasteiger partial charge < -0.3 is 4.98 Å². The third-order valence-corrected chi connectivity index (χ3v) is 8.41. The molecule has 3 aromatic rings. The normalized spacial score (nSPS) is 21.9. The molecule has 1 aromatic heterocycles. The van der Waals surface area contributed by atoms with E-state index in [0.717, 1.165) is 0 Å². The molecule has 0 saturated heterocycles. The van der Waals surface area contributed by atoms with Crippen molar-refractivity contribution in [3.05, 3.63) is 65.9 Å². The minimum absolute atomic E-state index is 1.04. The van der Waals surface area contributed by atoms with Gasteiger partial charge in [0, 0.05) is 35.8 Å². The number of para-hydroxylation sites is 1. The molecule has 0 bridgehead atoms. The topological polar surface area (TPSA) is 15.8 Å². The minimum atomic E-state index is -1.04. The van der Waals surface area contributed by atoms with Crippen LogP contribution in [0.1, 0.15) is 11.3 Å². The lowest BCUT2D eigenvalue weighted by Gasteiger charge is -2.27. The van der Waals surface area contributed by atoms with Crippen LogP contribution in [0.4, 0.5) is 0 Å². The Bertz CT molecular complexity index is 759. The number of hydrogen-bond acceptors (Lipinski definition) is 0. The summed E-state index contributed by atoms with van der Waals surface area (Å²) in [6.07, 6.45) is 3.77. The minimum Gasteiger partial charge on any atom is -0.358 e. The molecule has 1 aliphatic rings. The molecule has 1 nitrogen and oxygen atoms in total. The maximum atomic E-state index is 3.62. The van der Waals surface area contributed by atoms with E-state index in [1.807, 2.05) is 0 Å². The molecular weight excluding hydrogens is 261 g/mol. The van der Waals surface area contributed by atoms with Crippen LogP contribution in [-0.2, 0) is 12.6 Å². The summed E-state index contributed by atoms with van der Waals surface area (Å²) in [5.41, 5.74) is 4.35. The Balaban J connectivity index is 1.83. The first-order chi connectivity index (χ1) is 9.76. The van der Waals surface area contributed by atoms with Gasteiger partial charge >= 0.3 is 0 Å². The third-order valence-electron chi connectivity index (χ3n) is 4.64. The van der Waals surface area contributed by atoms with Crippen LogP contribution in [0.5, 0.6) is 0 Å². The van der Waals surface area contributed by atoms with Gasteiger partial charge in [0.05, 0.1) is 24.3 Å². The van der Waals surface area contributed by atoms with Gasteiger partial charge in [0.25, 0.3) is 0 Å². The molecule has 1 N–H and O–H groups in total. The van der Waals surface area contributed by atoms with Crippen LogP contribution in [0, 0.1) is 0 Å². The number of aryl methyl sites for hydroxylation is 1. The first kappa shape index (κ1) is 12.2. The van der Waals surface area contributed by atoms with Gasteiger partial charge in [-0.2, -0.15) is 0 Å². The number of rotatable bonds is 1. The lowest BCUT2D eigenvalue weighted by Crippen LogP contribution is -2.20. The van der Waals surface area contributed by atoms with Gasteiger partial charge in [-0.1, -0.05) is 36.4 Å². The number of fused-ring (bicyclic) bond motifs is 3. The van der Waals surface area contributed by atoms with E-state index in [1.165, 1.54) is 35.3 Å². The molecule has 0 saturated carbocycles. The summed E-state index contributed by atoms with van der Waals surface area (Å²) in [6, 6.07) is 19.9. The van der Waals surface area contributed by atoms with Gasteiger partial charge in [-0.3, -0.25) is 0 Å². The van der Waals surface area contributed by atoms with E-state index in [-0.39, 0.29) is 0 Å². The third kappa shape index (κ3) is 1.81. The number of hydrogen-bond donors (Lipinski definition) is 1. The predicted octanol–water partition coefficient (Wildman–Crippen LogP) is 4.20. The van der Waals surface area contributed by atoms with Gasteiger partial charge in [-0.05, 0) is 18.2 Å². The smallest absolute Gasteiger partial charge is 0.0940 e. The van der Waals surface area contributed by atoms with E-state index in [2.05, 4.69) is 66.2 Å². The van der Waals surface area contributed by atoms with Crippen molar-refractivity contribution in [1.29, 1.82) is 0 Å². The van der Waals surface area contributed by atoms with Crippen LogP contribution < -0.4 is 5.30 Å². The van der Waals surface area contributed by atoms with Crippen molar-refractivity contribution in [2.45, 2.75) is 12.6 Å². The molecule has 0 amide bonds. The number of benzene rings is 2. The SMILES string of the molecule is C[P+]1(c2ccccc2)CCc2[nH]c3ccccc3c2C1. The molecule has 0 aliphatic carbocycles. The molecule has 20 heavy (non-hydrogen) atoms. The fourth-order valence-corrected chi connectivity index (χ4v) is 6.71. The quantitative estimate of drug-likeness (QED) is 0.643. The summed E-state index contributed by atoms with van der Waals surface area (Å²) < 4.78 is 0. The number of nitrogens with one attached hydrogen (secondary N) is 1. The molecule has 0 fully saturated rings. The van der Waals surface area contributed by atoms with Crippen LogP contribution >= 0.6 is 7.26 Å². The average molecular weight is 280 g/mol. The summed E-state index contributed by atoms with van der Waals surface area (Å²) in [4.78, 5) is 3.62. The van der Waals surface area contributed by atoms with Crippen molar-refractivity contribution < 1.29 is 0 Å². The maximum Gasteiger partial charge on any atom is 0.0940 e. The Kier molecular flexibility index (Phi) is 2.72. The molecular formula is C18H19NP+. The van der Waals surface area contributed by atoms with Crippen molar-refractivity contribution >= 4 is 23.5 Å². The molecule has 1 unspecified atom stereocenters. The first-order valence-corrected chi connectivity index (χ1v) is 9.85. The monoisotopic (exact) mass is 280 g/mol. The zero-order valence-electron chi connectivity index (χ0n) is 11.8. The molecule has 2 heterocycles. The van der Waals surface area contributed by atoms with Crippen molar-refractivity contribution in [3.8, 4) is 0 Å². The van der Waals surface area contributed by atoms with E-state index in [0.29, 0.717) is 0 Å². The van der Waals surface area contributed by atoms with Gasteiger partial charge in [-0.15, -0.1) is 0 Å². The zero-order chi connectivity index (χ0) is 13.6. The fourth-order valence-electron chi connectivity index (χ4n) is 3.44. The molecule has 2 heteroatoms. The second-order valence-corrected chi connectivity index (χ2v) is 10.1. The molecule has 2 aromatic carbocycles. The Labute approximate surface area is 120 Å². The molecule has 0 spiro atoms. The van der Waals surface area contributed by atoms with Crippen molar-refractivity contribution in [1.82, 2.24) is 4.98 Å². The lowest BCUT2D eigenvalue weighted by molar-refractivity contribution is 1.01. The van der Waals surface area contributed by atoms with Crippen LogP contribution in [0.15, 0.2) is 54.6 Å². The Morgan fingerprint density at radius 3 is 2.55 bits per heavy atom. The average Bonchev–Trinajstić information content (AvgIpc) is 2.86. The molecule has 0 radical (unpaired) electrons. The Morgan fingerprint density at radius 1 is 0.950 bits per heavy atom. The summed E-state index contributed by atoms with van der Waals surface area (Å²) in [5, 5.41) is 3.01. The van der Waals surface area contributed by atoms with Crippen LogP contribution in [-0.4, -0.2) is 17.8 Å². The maximum absolute atomic E-state index is 3.62. The summed E-state index contributed by atoms with van der Waals surface area (Å²) in [6.45, 7) is 2.52. The molecule has 1 atom stereocenters. The summed E-state index contributed by atoms with van der Waals surface area (Å²) in [7, 11) is -1.04. The van der Waals surface area contributed by atoms with Gasteiger partial charge in [-0.25, -0.2) is 0 Å². The standard InChI is InChI=1S/C18H19NP/c1-20(14-7-3-2-4-8-14)12-11-18-16(13-20)15-9-5-6-10-17(15)19-18/h2-10,19H,11-13H2,1H3/q+1.